The number of carbonyl (C=O) groups is 1. The summed E-state index contributed by atoms with van der Waals surface area (Å²) >= 11 is 0. The number of hydrogen-bond donors (Lipinski definition) is 1. The quantitative estimate of drug-likeness (QED) is 0.494. The maximum absolute atomic E-state index is 12.1. The van der Waals surface area contributed by atoms with E-state index in [1.165, 1.54) is 0 Å². The molecule has 0 saturated heterocycles. The van der Waals surface area contributed by atoms with Crippen LogP contribution in [0.25, 0.3) is 0 Å². The molecule has 1 aromatic heterocycles. The van der Waals surface area contributed by atoms with Crippen LogP contribution in [0.5, 0.6) is 0 Å². The predicted octanol–water partition coefficient (Wildman–Crippen LogP) is 2.82. The van der Waals surface area contributed by atoms with Crippen molar-refractivity contribution in [2.75, 3.05) is 13.1 Å². The van der Waals surface area contributed by atoms with Crippen LogP contribution in [-0.4, -0.2) is 23.4 Å². The maximum Gasteiger partial charge on any atom is 0.178 e. The standard InChI is InChI=1S/C15H24N2O/c1-7-8-16-10-14(18)13-9-11(2)17(12(13)3)15(4,5)6/h7,9,16H,1,8,10H2,2-6H3. The fourth-order valence-electron chi connectivity index (χ4n) is 2.46. The van der Waals surface area contributed by atoms with Crippen LogP contribution >= 0.6 is 0 Å². The maximum atomic E-state index is 12.1. The van der Waals surface area contributed by atoms with Gasteiger partial charge in [0.2, 0.25) is 0 Å². The summed E-state index contributed by atoms with van der Waals surface area (Å²) in [6.45, 7) is 15.1. The van der Waals surface area contributed by atoms with Crippen molar-refractivity contribution in [3.8, 4) is 0 Å². The first-order chi connectivity index (χ1) is 8.29. The van der Waals surface area contributed by atoms with E-state index in [-0.39, 0.29) is 11.3 Å². The van der Waals surface area contributed by atoms with Crippen LogP contribution in [0.1, 0.15) is 42.5 Å². The van der Waals surface area contributed by atoms with Gasteiger partial charge in [-0.25, -0.2) is 0 Å². The molecule has 3 heteroatoms. The normalized spacial score (nSPS) is 11.6. The minimum Gasteiger partial charge on any atom is -0.343 e. The average Bonchev–Trinajstić information content (AvgIpc) is 2.53. The summed E-state index contributed by atoms with van der Waals surface area (Å²) in [7, 11) is 0. The van der Waals surface area contributed by atoms with E-state index in [1.807, 2.05) is 19.9 Å². The Kier molecular flexibility index (Phi) is 4.52. The highest BCUT2D eigenvalue weighted by Crippen LogP contribution is 2.24. The zero-order valence-electron chi connectivity index (χ0n) is 12.1. The van der Waals surface area contributed by atoms with E-state index >= 15 is 0 Å². The zero-order chi connectivity index (χ0) is 13.9. The van der Waals surface area contributed by atoms with Crippen LogP contribution in [0.15, 0.2) is 18.7 Å². The second kappa shape index (κ2) is 5.53. The smallest absolute Gasteiger partial charge is 0.178 e. The van der Waals surface area contributed by atoms with Crippen LogP contribution in [0, 0.1) is 13.8 Å². The van der Waals surface area contributed by atoms with Gasteiger partial charge < -0.3 is 9.88 Å². The average molecular weight is 248 g/mol. The lowest BCUT2D eigenvalue weighted by Crippen LogP contribution is -2.26. The molecule has 0 amide bonds. The van der Waals surface area contributed by atoms with Gasteiger partial charge in [0.1, 0.15) is 0 Å². The monoisotopic (exact) mass is 248 g/mol. The summed E-state index contributed by atoms with van der Waals surface area (Å²) in [5.41, 5.74) is 3.00. The van der Waals surface area contributed by atoms with E-state index in [1.54, 1.807) is 6.08 Å². The lowest BCUT2D eigenvalue weighted by molar-refractivity contribution is 0.0991. The topological polar surface area (TPSA) is 34.0 Å². The van der Waals surface area contributed by atoms with Gasteiger partial charge in [-0.15, -0.1) is 6.58 Å². The molecule has 0 bridgehead atoms. The Bertz CT molecular complexity index is 450. The third kappa shape index (κ3) is 3.10. The minimum atomic E-state index is 0.00123. The Balaban J connectivity index is 2.98. The largest absolute Gasteiger partial charge is 0.343 e. The molecule has 0 spiro atoms. The van der Waals surface area contributed by atoms with Crippen LogP contribution in [0.3, 0.4) is 0 Å². The van der Waals surface area contributed by atoms with Gasteiger partial charge in [-0.3, -0.25) is 4.79 Å². The minimum absolute atomic E-state index is 0.00123. The summed E-state index contributed by atoms with van der Waals surface area (Å²) in [5.74, 6) is 0.139. The van der Waals surface area contributed by atoms with Gasteiger partial charge in [-0.1, -0.05) is 6.08 Å². The first-order valence-electron chi connectivity index (χ1n) is 6.33. The van der Waals surface area contributed by atoms with E-state index in [2.05, 4.69) is 37.2 Å². The molecule has 1 N–H and O–H groups in total. The molecule has 18 heavy (non-hydrogen) atoms. The fraction of sp³-hybridized carbons (Fsp3) is 0.533. The van der Waals surface area contributed by atoms with E-state index in [0.717, 1.165) is 17.0 Å². The van der Waals surface area contributed by atoms with Crippen LogP contribution in [0.2, 0.25) is 0 Å². The summed E-state index contributed by atoms with van der Waals surface area (Å²) in [5, 5.41) is 3.05. The molecule has 0 aliphatic heterocycles. The number of ketones is 1. The number of Topliss-reactive ketones (excluding diaryl/α,β-unsaturated/α-hetero) is 1. The van der Waals surface area contributed by atoms with E-state index in [0.29, 0.717) is 13.1 Å². The van der Waals surface area contributed by atoms with Crippen molar-refractivity contribution in [2.24, 2.45) is 0 Å². The Labute approximate surface area is 110 Å². The van der Waals surface area contributed by atoms with Crippen LogP contribution in [-0.2, 0) is 5.54 Å². The van der Waals surface area contributed by atoms with Crippen molar-refractivity contribution in [1.29, 1.82) is 0 Å². The third-order valence-electron chi connectivity index (χ3n) is 2.98. The van der Waals surface area contributed by atoms with Gasteiger partial charge in [0, 0.05) is 29.0 Å². The molecule has 0 aliphatic rings. The Morgan fingerprint density at radius 3 is 2.50 bits per heavy atom. The Hall–Kier alpha value is -1.35. The molecule has 0 aliphatic carbocycles. The molecule has 1 aromatic rings. The zero-order valence-corrected chi connectivity index (χ0v) is 12.1. The highest BCUT2D eigenvalue weighted by atomic mass is 16.1. The van der Waals surface area contributed by atoms with Crippen molar-refractivity contribution < 1.29 is 4.79 Å². The number of carbonyl (C=O) groups excluding carboxylic acids is 1. The first-order valence-corrected chi connectivity index (χ1v) is 6.33. The highest BCUT2D eigenvalue weighted by Gasteiger charge is 2.22. The van der Waals surface area contributed by atoms with Gasteiger partial charge in [0.25, 0.3) is 0 Å². The van der Waals surface area contributed by atoms with Crippen LogP contribution in [0.4, 0.5) is 0 Å². The molecule has 1 heterocycles. The Morgan fingerprint density at radius 1 is 1.44 bits per heavy atom. The van der Waals surface area contributed by atoms with Crippen molar-refractivity contribution in [3.63, 3.8) is 0 Å². The predicted molar refractivity (Wildman–Crippen MR) is 76.3 cm³/mol. The Morgan fingerprint density at radius 2 is 2.06 bits per heavy atom. The molecular weight excluding hydrogens is 224 g/mol. The van der Waals surface area contributed by atoms with E-state index in [4.69, 9.17) is 0 Å². The number of nitrogens with one attached hydrogen (secondary N) is 1. The highest BCUT2D eigenvalue weighted by molar-refractivity contribution is 5.99. The first kappa shape index (κ1) is 14.7. The van der Waals surface area contributed by atoms with E-state index in [9.17, 15) is 4.79 Å². The lowest BCUT2D eigenvalue weighted by Gasteiger charge is -2.25. The number of aryl methyl sites for hydroxylation is 1. The fourth-order valence-corrected chi connectivity index (χ4v) is 2.46. The van der Waals surface area contributed by atoms with Crippen molar-refractivity contribution in [3.05, 3.63) is 35.7 Å². The van der Waals surface area contributed by atoms with Crippen molar-refractivity contribution in [2.45, 2.75) is 40.2 Å². The number of hydrogen-bond acceptors (Lipinski definition) is 2. The van der Waals surface area contributed by atoms with Crippen molar-refractivity contribution >= 4 is 5.78 Å². The molecular formula is C15H24N2O. The number of nitrogens with zero attached hydrogens (tertiary/aromatic N) is 1. The molecule has 0 unspecified atom stereocenters. The molecule has 0 atom stereocenters. The summed E-state index contributed by atoms with van der Waals surface area (Å²) < 4.78 is 2.22. The lowest BCUT2D eigenvalue weighted by atomic mass is 10.1. The second-order valence-corrected chi connectivity index (χ2v) is 5.63. The van der Waals surface area contributed by atoms with Gasteiger partial charge in [0.15, 0.2) is 5.78 Å². The molecule has 100 valence electrons. The summed E-state index contributed by atoms with van der Waals surface area (Å²) in [6, 6.07) is 1.98. The van der Waals surface area contributed by atoms with E-state index < -0.39 is 0 Å². The molecule has 0 radical (unpaired) electrons. The molecule has 0 aromatic carbocycles. The van der Waals surface area contributed by atoms with Crippen LogP contribution < -0.4 is 5.32 Å². The number of aromatic nitrogens is 1. The molecule has 3 nitrogen and oxygen atoms in total. The van der Waals surface area contributed by atoms with Gasteiger partial charge in [-0.2, -0.15) is 0 Å². The second-order valence-electron chi connectivity index (χ2n) is 5.63. The SMILES string of the molecule is C=CCNCC(=O)c1cc(C)n(C(C)(C)C)c1C. The molecule has 0 saturated carbocycles. The molecule has 1 rings (SSSR count). The third-order valence-corrected chi connectivity index (χ3v) is 2.98. The number of rotatable bonds is 5. The summed E-state index contributed by atoms with van der Waals surface area (Å²) in [6.07, 6.45) is 1.76. The van der Waals surface area contributed by atoms with Gasteiger partial charge in [0.05, 0.1) is 6.54 Å². The van der Waals surface area contributed by atoms with Crippen molar-refractivity contribution in [1.82, 2.24) is 9.88 Å². The summed E-state index contributed by atoms with van der Waals surface area (Å²) in [4.78, 5) is 12.1. The van der Waals surface area contributed by atoms with Gasteiger partial charge in [-0.05, 0) is 40.7 Å². The molecule has 0 fully saturated rings. The van der Waals surface area contributed by atoms with Gasteiger partial charge >= 0.3 is 0 Å².